The van der Waals surface area contributed by atoms with Crippen LogP contribution in [0.4, 0.5) is 0 Å². The molecule has 28 heavy (non-hydrogen) atoms. The Balaban J connectivity index is 1.79. The molecule has 0 bridgehead atoms. The summed E-state index contributed by atoms with van der Waals surface area (Å²) in [5, 5.41) is 39.4. The van der Waals surface area contributed by atoms with Gasteiger partial charge in [0.25, 0.3) is 0 Å². The number of allylic oxidation sites excluding steroid dienone is 1. The summed E-state index contributed by atoms with van der Waals surface area (Å²) in [5.41, 5.74) is 1.18. The molecule has 0 saturated heterocycles. The SMILES string of the molecule is O=C(O)/C=C\CCCC[C@@H]1[C@@H](/C=C/[C@@H](O)CCc2ccccc2)[C@H](O)C[C@@H]1O. The van der Waals surface area contributed by atoms with E-state index in [4.69, 9.17) is 5.11 Å². The van der Waals surface area contributed by atoms with E-state index in [9.17, 15) is 20.1 Å². The molecule has 5 heteroatoms. The van der Waals surface area contributed by atoms with E-state index in [2.05, 4.69) is 0 Å². The quantitative estimate of drug-likeness (QED) is 0.265. The lowest BCUT2D eigenvalue weighted by Gasteiger charge is -2.21. The number of carbonyl (C=O) groups is 1. The molecule has 0 unspecified atom stereocenters. The zero-order valence-corrected chi connectivity index (χ0v) is 16.2. The van der Waals surface area contributed by atoms with Crippen molar-refractivity contribution >= 4 is 5.97 Å². The van der Waals surface area contributed by atoms with Crippen LogP contribution in [0.3, 0.4) is 0 Å². The van der Waals surface area contributed by atoms with Crippen LogP contribution in [0.15, 0.2) is 54.6 Å². The predicted molar refractivity (Wildman–Crippen MR) is 109 cm³/mol. The van der Waals surface area contributed by atoms with Crippen LogP contribution >= 0.6 is 0 Å². The van der Waals surface area contributed by atoms with Crippen molar-refractivity contribution in [2.45, 2.75) is 63.3 Å². The molecule has 1 aromatic carbocycles. The van der Waals surface area contributed by atoms with Gasteiger partial charge in [0, 0.05) is 18.4 Å². The summed E-state index contributed by atoms with van der Waals surface area (Å²) in [4.78, 5) is 10.4. The highest BCUT2D eigenvalue weighted by molar-refractivity contribution is 5.79. The van der Waals surface area contributed by atoms with Crippen LogP contribution in [0.25, 0.3) is 0 Å². The average molecular weight is 389 g/mol. The zero-order chi connectivity index (χ0) is 20.4. The minimum Gasteiger partial charge on any atom is -0.478 e. The fourth-order valence-corrected chi connectivity index (χ4v) is 3.92. The molecule has 154 valence electrons. The smallest absolute Gasteiger partial charge is 0.327 e. The van der Waals surface area contributed by atoms with Crippen molar-refractivity contribution < 1.29 is 25.2 Å². The van der Waals surface area contributed by atoms with Crippen LogP contribution in [-0.4, -0.2) is 44.7 Å². The van der Waals surface area contributed by atoms with Crippen molar-refractivity contribution in [1.29, 1.82) is 0 Å². The Morgan fingerprint density at radius 3 is 2.61 bits per heavy atom. The summed E-state index contributed by atoms with van der Waals surface area (Å²) in [7, 11) is 0. The standard InChI is InChI=1S/C23H32O5/c24-18(13-12-17-8-4-3-5-9-17)14-15-20-19(21(25)16-22(20)26)10-6-1-2-7-11-23(27)28/h3-5,7-9,11,14-15,18-22,24-26H,1-2,6,10,12-13,16H2,(H,27,28)/b11-7-,15-14+/t18-,19+,20+,21-,22+/m0/s1. The first-order valence-corrected chi connectivity index (χ1v) is 10.1. The van der Waals surface area contributed by atoms with Gasteiger partial charge in [-0.3, -0.25) is 0 Å². The molecule has 1 aromatic rings. The Morgan fingerprint density at radius 1 is 1.14 bits per heavy atom. The lowest BCUT2D eigenvalue weighted by atomic mass is 9.88. The van der Waals surface area contributed by atoms with Crippen LogP contribution in [0, 0.1) is 11.8 Å². The van der Waals surface area contributed by atoms with Gasteiger partial charge >= 0.3 is 5.97 Å². The lowest BCUT2D eigenvalue weighted by Crippen LogP contribution is -2.21. The van der Waals surface area contributed by atoms with Crippen LogP contribution in [-0.2, 0) is 11.2 Å². The molecule has 1 aliphatic rings. The first-order chi connectivity index (χ1) is 13.5. The third-order valence-corrected chi connectivity index (χ3v) is 5.46. The van der Waals surface area contributed by atoms with E-state index < -0.39 is 24.3 Å². The van der Waals surface area contributed by atoms with E-state index in [1.54, 1.807) is 12.2 Å². The summed E-state index contributed by atoms with van der Waals surface area (Å²) in [5.74, 6) is -1.13. The third kappa shape index (κ3) is 7.58. The Labute approximate surface area is 167 Å². The molecule has 0 aliphatic heterocycles. The van der Waals surface area contributed by atoms with Crippen molar-refractivity contribution in [2.75, 3.05) is 0 Å². The molecule has 0 radical (unpaired) electrons. The number of aryl methyl sites for hydroxylation is 1. The molecular formula is C23H32O5. The van der Waals surface area contributed by atoms with Crippen LogP contribution in [0.5, 0.6) is 0 Å². The monoisotopic (exact) mass is 388 g/mol. The normalized spacial score (nSPS) is 26.2. The van der Waals surface area contributed by atoms with Crippen LogP contribution in [0.1, 0.15) is 44.1 Å². The third-order valence-electron chi connectivity index (χ3n) is 5.46. The van der Waals surface area contributed by atoms with Crippen molar-refractivity contribution in [3.63, 3.8) is 0 Å². The molecular weight excluding hydrogens is 356 g/mol. The maximum atomic E-state index is 10.4. The Morgan fingerprint density at radius 2 is 1.89 bits per heavy atom. The van der Waals surface area contributed by atoms with Crippen molar-refractivity contribution in [1.82, 2.24) is 0 Å². The molecule has 5 atom stereocenters. The number of carboxylic acids is 1. The molecule has 0 amide bonds. The molecule has 4 N–H and O–H groups in total. The van der Waals surface area contributed by atoms with Crippen molar-refractivity contribution in [3.8, 4) is 0 Å². The largest absolute Gasteiger partial charge is 0.478 e. The highest BCUT2D eigenvalue weighted by Gasteiger charge is 2.39. The summed E-state index contributed by atoms with van der Waals surface area (Å²) in [6.45, 7) is 0. The summed E-state index contributed by atoms with van der Waals surface area (Å²) < 4.78 is 0. The second-order valence-electron chi connectivity index (χ2n) is 7.61. The topological polar surface area (TPSA) is 98.0 Å². The number of carboxylic acid groups (broad SMARTS) is 1. The minimum atomic E-state index is -0.939. The van der Waals surface area contributed by atoms with Crippen molar-refractivity contribution in [3.05, 3.63) is 60.2 Å². The number of aliphatic carboxylic acids is 1. The predicted octanol–water partition coefficient (Wildman–Crippen LogP) is 3.10. The number of hydrogen-bond acceptors (Lipinski definition) is 4. The van der Waals surface area contributed by atoms with Gasteiger partial charge in [-0.25, -0.2) is 4.79 Å². The van der Waals surface area contributed by atoms with E-state index in [1.165, 1.54) is 5.56 Å². The van der Waals surface area contributed by atoms with Gasteiger partial charge in [-0.15, -0.1) is 0 Å². The molecule has 0 heterocycles. The number of benzene rings is 1. The van der Waals surface area contributed by atoms with Gasteiger partial charge in [-0.2, -0.15) is 0 Å². The Kier molecular flexibility index (Phi) is 9.41. The van der Waals surface area contributed by atoms with Gasteiger partial charge in [0.2, 0.25) is 0 Å². The fraction of sp³-hybridized carbons (Fsp3) is 0.522. The molecule has 1 saturated carbocycles. The number of unbranched alkanes of at least 4 members (excludes halogenated alkanes) is 2. The van der Waals surface area contributed by atoms with Gasteiger partial charge < -0.3 is 20.4 Å². The molecule has 5 nitrogen and oxygen atoms in total. The van der Waals surface area contributed by atoms with E-state index in [-0.39, 0.29) is 11.8 Å². The van der Waals surface area contributed by atoms with Crippen LogP contribution in [0.2, 0.25) is 0 Å². The molecule has 0 spiro atoms. The number of aliphatic hydroxyl groups is 3. The second-order valence-corrected chi connectivity index (χ2v) is 7.61. The first kappa shape index (κ1) is 22.3. The van der Waals surface area contributed by atoms with Gasteiger partial charge in [-0.1, -0.05) is 55.0 Å². The maximum absolute atomic E-state index is 10.4. The van der Waals surface area contributed by atoms with Crippen LogP contribution < -0.4 is 0 Å². The van der Waals surface area contributed by atoms with Gasteiger partial charge in [-0.05, 0) is 43.6 Å². The fourth-order valence-electron chi connectivity index (χ4n) is 3.92. The first-order valence-electron chi connectivity index (χ1n) is 10.1. The van der Waals surface area contributed by atoms with Crippen molar-refractivity contribution in [2.24, 2.45) is 11.8 Å². The molecule has 2 rings (SSSR count). The van der Waals surface area contributed by atoms with E-state index >= 15 is 0 Å². The number of hydrogen-bond donors (Lipinski definition) is 4. The molecule has 1 aliphatic carbocycles. The Hall–Kier alpha value is -1.95. The molecule has 1 fully saturated rings. The van der Waals surface area contributed by atoms with E-state index in [0.717, 1.165) is 31.8 Å². The van der Waals surface area contributed by atoms with E-state index in [0.29, 0.717) is 19.3 Å². The van der Waals surface area contributed by atoms with E-state index in [1.807, 2.05) is 36.4 Å². The number of rotatable bonds is 11. The second kappa shape index (κ2) is 11.8. The highest BCUT2D eigenvalue weighted by atomic mass is 16.4. The average Bonchev–Trinajstić information content (AvgIpc) is 2.94. The molecule has 0 aromatic heterocycles. The lowest BCUT2D eigenvalue weighted by molar-refractivity contribution is -0.131. The Bertz CT molecular complexity index is 640. The number of aliphatic hydroxyl groups excluding tert-OH is 3. The zero-order valence-electron chi connectivity index (χ0n) is 16.2. The maximum Gasteiger partial charge on any atom is 0.327 e. The highest BCUT2D eigenvalue weighted by Crippen LogP contribution is 2.37. The van der Waals surface area contributed by atoms with Gasteiger partial charge in [0.15, 0.2) is 0 Å². The summed E-state index contributed by atoms with van der Waals surface area (Å²) in [6, 6.07) is 10.0. The summed E-state index contributed by atoms with van der Waals surface area (Å²) >= 11 is 0. The van der Waals surface area contributed by atoms with Gasteiger partial charge in [0.05, 0.1) is 18.3 Å². The minimum absolute atomic E-state index is 0.0315. The van der Waals surface area contributed by atoms with Gasteiger partial charge in [0.1, 0.15) is 0 Å². The summed E-state index contributed by atoms with van der Waals surface area (Å²) in [6.07, 6.45) is 9.63.